The highest BCUT2D eigenvalue weighted by Gasteiger charge is 2.06. The van der Waals surface area contributed by atoms with Crippen molar-refractivity contribution in [2.45, 2.75) is 45.6 Å². The van der Waals surface area contributed by atoms with Crippen LogP contribution in [0, 0.1) is 0 Å². The normalized spacial score (nSPS) is 13.7. The van der Waals surface area contributed by atoms with Crippen molar-refractivity contribution in [1.82, 2.24) is 5.32 Å². The maximum absolute atomic E-state index is 9.81. The zero-order valence-electron chi connectivity index (χ0n) is 15.0. The van der Waals surface area contributed by atoms with E-state index >= 15 is 0 Å². The standard InChI is InChI=1S/C19H31NO4/c1-5-16(4)23-11-10-22-13-17-6-8-19(9-7-17)24-14-18(21)12-20-15(2)3/h5-9,15-16,18,20-21H,1,10-14H2,2-4H3. The lowest BCUT2D eigenvalue weighted by Gasteiger charge is -2.15. The van der Waals surface area contributed by atoms with Crippen LogP contribution in [0.15, 0.2) is 36.9 Å². The van der Waals surface area contributed by atoms with E-state index in [2.05, 4.69) is 11.9 Å². The number of nitrogens with one attached hydrogen (secondary N) is 1. The minimum absolute atomic E-state index is 0.0520. The van der Waals surface area contributed by atoms with Crippen LogP contribution in [0.5, 0.6) is 5.75 Å². The van der Waals surface area contributed by atoms with E-state index < -0.39 is 6.10 Å². The molecule has 0 saturated carbocycles. The van der Waals surface area contributed by atoms with E-state index in [1.54, 1.807) is 6.08 Å². The first-order chi connectivity index (χ1) is 11.5. The molecular formula is C19H31NO4. The van der Waals surface area contributed by atoms with Crippen molar-refractivity contribution in [2.24, 2.45) is 0 Å². The van der Waals surface area contributed by atoms with Gasteiger partial charge in [0.05, 0.1) is 25.9 Å². The van der Waals surface area contributed by atoms with E-state index in [0.717, 1.165) is 11.3 Å². The molecule has 0 bridgehead atoms. The van der Waals surface area contributed by atoms with Crippen LogP contribution in [0.1, 0.15) is 26.3 Å². The van der Waals surface area contributed by atoms with E-state index in [-0.39, 0.29) is 12.7 Å². The van der Waals surface area contributed by atoms with Crippen LogP contribution in [-0.2, 0) is 16.1 Å². The molecule has 24 heavy (non-hydrogen) atoms. The summed E-state index contributed by atoms with van der Waals surface area (Å²) in [6.07, 6.45) is 1.29. The Morgan fingerprint density at radius 2 is 1.88 bits per heavy atom. The van der Waals surface area contributed by atoms with Gasteiger partial charge in [-0.1, -0.05) is 32.1 Å². The predicted molar refractivity (Wildman–Crippen MR) is 96.3 cm³/mol. The van der Waals surface area contributed by atoms with Crippen molar-refractivity contribution in [2.75, 3.05) is 26.4 Å². The van der Waals surface area contributed by atoms with E-state index in [9.17, 15) is 5.11 Å². The van der Waals surface area contributed by atoms with Gasteiger partial charge >= 0.3 is 0 Å². The van der Waals surface area contributed by atoms with Gasteiger partial charge in [0.2, 0.25) is 0 Å². The Morgan fingerprint density at radius 1 is 1.17 bits per heavy atom. The highest BCUT2D eigenvalue weighted by atomic mass is 16.5. The lowest BCUT2D eigenvalue weighted by atomic mass is 10.2. The third-order valence-corrected chi connectivity index (χ3v) is 3.34. The van der Waals surface area contributed by atoms with Crippen molar-refractivity contribution in [1.29, 1.82) is 0 Å². The maximum atomic E-state index is 9.81. The van der Waals surface area contributed by atoms with E-state index in [1.165, 1.54) is 0 Å². The minimum Gasteiger partial charge on any atom is -0.491 e. The predicted octanol–water partition coefficient (Wildman–Crippen LogP) is 2.53. The SMILES string of the molecule is C=CC(C)OCCOCc1ccc(OCC(O)CNC(C)C)cc1. The molecule has 5 heteroatoms. The first-order valence-electron chi connectivity index (χ1n) is 8.46. The number of aliphatic hydroxyl groups excluding tert-OH is 1. The van der Waals surface area contributed by atoms with Crippen molar-refractivity contribution in [3.8, 4) is 5.75 Å². The first kappa shape index (κ1) is 20.6. The molecule has 5 nitrogen and oxygen atoms in total. The van der Waals surface area contributed by atoms with Crippen molar-refractivity contribution in [3.63, 3.8) is 0 Å². The third kappa shape index (κ3) is 9.67. The summed E-state index contributed by atoms with van der Waals surface area (Å²) in [5.41, 5.74) is 1.07. The van der Waals surface area contributed by atoms with E-state index in [1.807, 2.05) is 45.0 Å². The molecular weight excluding hydrogens is 306 g/mol. The fourth-order valence-electron chi connectivity index (χ4n) is 1.86. The third-order valence-electron chi connectivity index (χ3n) is 3.34. The molecule has 0 aliphatic rings. The maximum Gasteiger partial charge on any atom is 0.119 e. The molecule has 0 aliphatic heterocycles. The largest absolute Gasteiger partial charge is 0.491 e. The van der Waals surface area contributed by atoms with Crippen molar-refractivity contribution >= 4 is 0 Å². The quantitative estimate of drug-likeness (QED) is 0.428. The number of hydrogen-bond acceptors (Lipinski definition) is 5. The summed E-state index contributed by atoms with van der Waals surface area (Å²) >= 11 is 0. The van der Waals surface area contributed by atoms with E-state index in [0.29, 0.717) is 32.4 Å². The highest BCUT2D eigenvalue weighted by molar-refractivity contribution is 5.26. The lowest BCUT2D eigenvalue weighted by molar-refractivity contribution is 0.0237. The van der Waals surface area contributed by atoms with Gasteiger partial charge in [0.1, 0.15) is 18.5 Å². The smallest absolute Gasteiger partial charge is 0.119 e. The minimum atomic E-state index is -0.520. The van der Waals surface area contributed by atoms with Gasteiger partial charge in [0.25, 0.3) is 0 Å². The molecule has 0 radical (unpaired) electrons. The van der Waals surface area contributed by atoms with E-state index in [4.69, 9.17) is 14.2 Å². The Balaban J connectivity index is 2.19. The Kier molecular flexibility index (Phi) is 10.4. The summed E-state index contributed by atoms with van der Waals surface area (Å²) in [5.74, 6) is 0.741. The molecule has 0 aromatic heterocycles. The molecule has 2 unspecified atom stereocenters. The summed E-state index contributed by atoms with van der Waals surface area (Å²) < 4.78 is 16.6. The second-order valence-electron chi connectivity index (χ2n) is 6.04. The van der Waals surface area contributed by atoms with Gasteiger partial charge in [-0.2, -0.15) is 0 Å². The number of aliphatic hydroxyl groups is 1. The molecule has 1 aromatic rings. The molecule has 0 saturated heterocycles. The molecule has 2 N–H and O–H groups in total. The zero-order chi connectivity index (χ0) is 17.8. The summed E-state index contributed by atoms with van der Waals surface area (Å²) in [6.45, 7) is 12.1. The number of ether oxygens (including phenoxy) is 3. The van der Waals surface area contributed by atoms with Crippen molar-refractivity contribution < 1.29 is 19.3 Å². The monoisotopic (exact) mass is 337 g/mol. The molecule has 136 valence electrons. The second kappa shape index (κ2) is 12.0. The average Bonchev–Trinajstić information content (AvgIpc) is 2.58. The molecule has 1 rings (SSSR count). The van der Waals surface area contributed by atoms with Gasteiger partial charge in [-0.25, -0.2) is 0 Å². The van der Waals surface area contributed by atoms with Gasteiger partial charge in [0, 0.05) is 12.6 Å². The molecule has 2 atom stereocenters. The zero-order valence-corrected chi connectivity index (χ0v) is 15.0. The Bertz CT molecular complexity index is 447. The van der Waals surface area contributed by atoms with Gasteiger partial charge in [0.15, 0.2) is 0 Å². The van der Waals surface area contributed by atoms with Gasteiger partial charge in [-0.3, -0.25) is 0 Å². The van der Waals surface area contributed by atoms with Crippen LogP contribution in [0.3, 0.4) is 0 Å². The van der Waals surface area contributed by atoms with Gasteiger partial charge in [-0.15, -0.1) is 6.58 Å². The Hall–Kier alpha value is -1.40. The molecule has 0 amide bonds. The Labute approximate surface area is 145 Å². The fourth-order valence-corrected chi connectivity index (χ4v) is 1.86. The number of rotatable bonds is 13. The molecule has 0 spiro atoms. The van der Waals surface area contributed by atoms with Crippen LogP contribution in [0.4, 0.5) is 0 Å². The summed E-state index contributed by atoms with van der Waals surface area (Å²) in [4.78, 5) is 0. The van der Waals surface area contributed by atoms with Crippen LogP contribution in [0.25, 0.3) is 0 Å². The summed E-state index contributed by atoms with van der Waals surface area (Å²) in [6, 6.07) is 8.04. The second-order valence-corrected chi connectivity index (χ2v) is 6.04. The number of hydrogen-bond donors (Lipinski definition) is 2. The Morgan fingerprint density at radius 3 is 2.50 bits per heavy atom. The molecule has 0 aliphatic carbocycles. The fraction of sp³-hybridized carbons (Fsp3) is 0.579. The van der Waals surface area contributed by atoms with Crippen molar-refractivity contribution in [3.05, 3.63) is 42.5 Å². The number of benzene rings is 1. The van der Waals surface area contributed by atoms with Crippen LogP contribution in [-0.4, -0.2) is 49.7 Å². The topological polar surface area (TPSA) is 60.0 Å². The molecule has 1 aromatic carbocycles. The van der Waals surface area contributed by atoms with Crippen LogP contribution < -0.4 is 10.1 Å². The highest BCUT2D eigenvalue weighted by Crippen LogP contribution is 2.13. The molecule has 0 fully saturated rings. The van der Waals surface area contributed by atoms with Gasteiger partial charge in [-0.05, 0) is 24.6 Å². The summed E-state index contributed by atoms with van der Waals surface area (Å²) in [5, 5.41) is 13.0. The van der Waals surface area contributed by atoms with Gasteiger partial charge < -0.3 is 24.6 Å². The molecule has 0 heterocycles. The summed E-state index contributed by atoms with van der Waals surface area (Å²) in [7, 11) is 0. The average molecular weight is 337 g/mol. The first-order valence-corrected chi connectivity index (χ1v) is 8.46. The lowest BCUT2D eigenvalue weighted by Crippen LogP contribution is -2.35. The van der Waals surface area contributed by atoms with Crippen LogP contribution >= 0.6 is 0 Å². The van der Waals surface area contributed by atoms with Crippen LogP contribution in [0.2, 0.25) is 0 Å².